The van der Waals surface area contributed by atoms with Crippen LogP contribution in [0.2, 0.25) is 0 Å². The van der Waals surface area contributed by atoms with E-state index in [2.05, 4.69) is 15.5 Å². The molecule has 35 heavy (non-hydrogen) atoms. The number of nitrogens with one attached hydrogen (secondary N) is 2. The van der Waals surface area contributed by atoms with E-state index in [9.17, 15) is 28.1 Å². The van der Waals surface area contributed by atoms with E-state index in [1.165, 1.54) is 0 Å². The molecule has 1 heterocycles. The molecule has 2 N–H and O–H groups in total. The molecule has 1 fully saturated rings. The fraction of sp³-hybridized carbons (Fsp3) is 0.435. The van der Waals surface area contributed by atoms with E-state index in [1.54, 1.807) is 0 Å². The van der Waals surface area contributed by atoms with Crippen LogP contribution in [0.25, 0.3) is 0 Å². The SMILES string of the molecule is O=C(CCNc1ccc(C(F)(F)F)cc1[N+](=O)[O-])NCc1cccc(OCCN2CCOCC2)c1. The first-order valence-corrected chi connectivity index (χ1v) is 11.1. The van der Waals surface area contributed by atoms with E-state index >= 15 is 0 Å². The average molecular weight is 496 g/mol. The van der Waals surface area contributed by atoms with Crippen molar-refractivity contribution < 1.29 is 32.4 Å². The van der Waals surface area contributed by atoms with Gasteiger partial charge < -0.3 is 20.1 Å². The summed E-state index contributed by atoms with van der Waals surface area (Å²) >= 11 is 0. The van der Waals surface area contributed by atoms with Crippen LogP contribution in [0.3, 0.4) is 0 Å². The Morgan fingerprint density at radius 2 is 1.94 bits per heavy atom. The maximum absolute atomic E-state index is 12.8. The number of ether oxygens (including phenoxy) is 2. The van der Waals surface area contributed by atoms with E-state index in [0.717, 1.165) is 50.5 Å². The molecule has 2 aromatic carbocycles. The van der Waals surface area contributed by atoms with Crippen LogP contribution in [0.15, 0.2) is 42.5 Å². The number of carbonyl (C=O) groups excluding carboxylic acids is 1. The largest absolute Gasteiger partial charge is 0.492 e. The summed E-state index contributed by atoms with van der Waals surface area (Å²) < 4.78 is 49.5. The lowest BCUT2D eigenvalue weighted by Gasteiger charge is -2.26. The predicted octanol–water partition coefficient (Wildman–Crippen LogP) is 3.44. The molecule has 190 valence electrons. The number of hydrogen-bond donors (Lipinski definition) is 2. The second-order valence-electron chi connectivity index (χ2n) is 7.89. The van der Waals surface area contributed by atoms with Gasteiger partial charge in [-0.15, -0.1) is 0 Å². The Hall–Kier alpha value is -3.38. The number of halogens is 3. The molecule has 2 aromatic rings. The lowest BCUT2D eigenvalue weighted by molar-refractivity contribution is -0.384. The van der Waals surface area contributed by atoms with Gasteiger partial charge in [-0.3, -0.25) is 19.8 Å². The molecule has 12 heteroatoms. The first-order chi connectivity index (χ1) is 16.7. The molecule has 3 rings (SSSR count). The van der Waals surface area contributed by atoms with Gasteiger partial charge in [0, 0.05) is 45.2 Å². The topological polar surface area (TPSA) is 106 Å². The van der Waals surface area contributed by atoms with Gasteiger partial charge in [0.1, 0.15) is 18.0 Å². The minimum atomic E-state index is -4.69. The van der Waals surface area contributed by atoms with Crippen LogP contribution in [0, 0.1) is 10.1 Å². The van der Waals surface area contributed by atoms with Crippen molar-refractivity contribution in [1.82, 2.24) is 10.2 Å². The summed E-state index contributed by atoms with van der Waals surface area (Å²) in [6.45, 7) is 4.85. The number of nitrogens with zero attached hydrogens (tertiary/aromatic N) is 2. The first-order valence-electron chi connectivity index (χ1n) is 11.1. The highest BCUT2D eigenvalue weighted by atomic mass is 19.4. The van der Waals surface area contributed by atoms with Crippen LogP contribution in [-0.4, -0.2) is 61.7 Å². The molecule has 1 saturated heterocycles. The maximum Gasteiger partial charge on any atom is 0.416 e. The average Bonchev–Trinajstić information content (AvgIpc) is 2.83. The number of nitro benzene ring substituents is 1. The number of morpholine rings is 1. The second-order valence-corrected chi connectivity index (χ2v) is 7.89. The summed E-state index contributed by atoms with van der Waals surface area (Å²) in [5.74, 6) is 0.381. The number of alkyl halides is 3. The van der Waals surface area contributed by atoms with Gasteiger partial charge in [-0.1, -0.05) is 12.1 Å². The number of hydrogen-bond acceptors (Lipinski definition) is 7. The fourth-order valence-electron chi connectivity index (χ4n) is 3.47. The summed E-state index contributed by atoms with van der Waals surface area (Å²) in [5, 5.41) is 16.5. The van der Waals surface area contributed by atoms with E-state index in [4.69, 9.17) is 9.47 Å². The van der Waals surface area contributed by atoms with E-state index < -0.39 is 22.4 Å². The zero-order valence-electron chi connectivity index (χ0n) is 19.0. The van der Waals surface area contributed by atoms with E-state index in [0.29, 0.717) is 18.4 Å². The molecule has 0 radical (unpaired) electrons. The van der Waals surface area contributed by atoms with Crippen LogP contribution in [-0.2, 0) is 22.3 Å². The molecule has 0 spiro atoms. The molecule has 9 nitrogen and oxygen atoms in total. The zero-order chi connectivity index (χ0) is 25.3. The molecule has 0 saturated carbocycles. The highest BCUT2D eigenvalue weighted by molar-refractivity contribution is 5.76. The van der Waals surface area contributed by atoms with E-state index in [1.807, 2.05) is 24.3 Å². The van der Waals surface area contributed by atoms with Crippen molar-refractivity contribution >= 4 is 17.3 Å². The number of rotatable bonds is 11. The Kier molecular flexibility index (Phi) is 9.26. The summed E-state index contributed by atoms with van der Waals surface area (Å²) in [6, 6.07) is 9.57. The van der Waals surface area contributed by atoms with Crippen molar-refractivity contribution in [2.75, 3.05) is 51.3 Å². The Morgan fingerprint density at radius 3 is 2.66 bits per heavy atom. The third-order valence-corrected chi connectivity index (χ3v) is 5.36. The standard InChI is InChI=1S/C23H27F3N4O5/c24-23(25,26)18-4-5-20(21(15-18)30(32)33)27-7-6-22(31)28-16-17-2-1-3-19(14-17)35-13-10-29-8-11-34-12-9-29/h1-5,14-15,27H,6-13,16H2,(H,28,31). The van der Waals surface area contributed by atoms with Crippen molar-refractivity contribution in [2.45, 2.75) is 19.1 Å². The molecule has 1 aliphatic rings. The molecule has 1 aliphatic heterocycles. The quantitative estimate of drug-likeness (QED) is 0.363. The van der Waals surface area contributed by atoms with Gasteiger partial charge >= 0.3 is 6.18 Å². The fourth-order valence-corrected chi connectivity index (χ4v) is 3.47. The van der Waals surface area contributed by atoms with Crippen molar-refractivity contribution in [3.05, 3.63) is 63.7 Å². The molecular formula is C23H27F3N4O5. The Labute approximate surface area is 200 Å². The van der Waals surface area contributed by atoms with Gasteiger partial charge in [0.2, 0.25) is 5.91 Å². The van der Waals surface area contributed by atoms with Gasteiger partial charge in [0.25, 0.3) is 5.69 Å². The lowest BCUT2D eigenvalue weighted by atomic mass is 10.1. The summed E-state index contributed by atoms with van der Waals surface area (Å²) in [5.41, 5.74) is -1.06. The van der Waals surface area contributed by atoms with Crippen LogP contribution in [0.4, 0.5) is 24.5 Å². The molecule has 1 amide bonds. The number of carbonyl (C=O) groups is 1. The monoisotopic (exact) mass is 496 g/mol. The van der Waals surface area contributed by atoms with Gasteiger partial charge in [-0.05, 0) is 29.8 Å². The van der Waals surface area contributed by atoms with Crippen LogP contribution in [0.5, 0.6) is 5.75 Å². The van der Waals surface area contributed by atoms with Crippen LogP contribution >= 0.6 is 0 Å². The molecule has 0 unspecified atom stereocenters. The zero-order valence-corrected chi connectivity index (χ0v) is 19.0. The van der Waals surface area contributed by atoms with Crippen LogP contribution < -0.4 is 15.4 Å². The third kappa shape index (κ3) is 8.41. The predicted molar refractivity (Wildman–Crippen MR) is 122 cm³/mol. The second kappa shape index (κ2) is 12.4. The highest BCUT2D eigenvalue weighted by Crippen LogP contribution is 2.34. The lowest BCUT2D eigenvalue weighted by Crippen LogP contribution is -2.38. The van der Waals surface area contributed by atoms with Gasteiger partial charge in [-0.25, -0.2) is 0 Å². The third-order valence-electron chi connectivity index (χ3n) is 5.36. The van der Waals surface area contributed by atoms with Gasteiger partial charge in [0.15, 0.2) is 0 Å². The van der Waals surface area contributed by atoms with Crippen molar-refractivity contribution in [2.24, 2.45) is 0 Å². The number of anilines is 1. The molecular weight excluding hydrogens is 469 g/mol. The van der Waals surface area contributed by atoms with Crippen molar-refractivity contribution in [3.8, 4) is 5.75 Å². The van der Waals surface area contributed by atoms with Crippen molar-refractivity contribution in [3.63, 3.8) is 0 Å². The van der Waals surface area contributed by atoms with E-state index in [-0.39, 0.29) is 31.1 Å². The molecule has 0 aromatic heterocycles. The summed E-state index contributed by atoms with van der Waals surface area (Å²) in [6.07, 6.45) is -4.71. The summed E-state index contributed by atoms with van der Waals surface area (Å²) in [4.78, 5) is 24.7. The maximum atomic E-state index is 12.8. The first kappa shape index (κ1) is 26.2. The minimum Gasteiger partial charge on any atom is -0.492 e. The van der Waals surface area contributed by atoms with Gasteiger partial charge in [0.05, 0.1) is 23.7 Å². The molecule has 0 bridgehead atoms. The normalized spacial score (nSPS) is 14.4. The highest BCUT2D eigenvalue weighted by Gasteiger charge is 2.33. The Morgan fingerprint density at radius 1 is 1.17 bits per heavy atom. The molecule has 0 aliphatic carbocycles. The Bertz CT molecular complexity index is 1010. The molecule has 0 atom stereocenters. The number of amides is 1. The Balaban J connectivity index is 1.42. The van der Waals surface area contributed by atoms with Crippen LogP contribution in [0.1, 0.15) is 17.5 Å². The van der Waals surface area contributed by atoms with Gasteiger partial charge in [-0.2, -0.15) is 13.2 Å². The van der Waals surface area contributed by atoms with Crippen molar-refractivity contribution in [1.29, 1.82) is 0 Å². The smallest absolute Gasteiger partial charge is 0.416 e. The number of nitro groups is 1. The number of benzene rings is 2. The minimum absolute atomic E-state index is 0.0166. The summed E-state index contributed by atoms with van der Waals surface area (Å²) in [7, 11) is 0.